The molecule has 0 amide bonds. The molecule has 176 valence electrons. The average Bonchev–Trinajstić information content (AvgIpc) is 3.43. The Morgan fingerprint density at radius 1 is 1.03 bits per heavy atom. The molecule has 0 bridgehead atoms. The van der Waals surface area contributed by atoms with Crippen LogP contribution in [0.3, 0.4) is 0 Å². The van der Waals surface area contributed by atoms with Crippen LogP contribution in [0, 0.1) is 0 Å². The van der Waals surface area contributed by atoms with Crippen molar-refractivity contribution in [3.8, 4) is 15.7 Å². The number of aromatic nitrogens is 6. The summed E-state index contributed by atoms with van der Waals surface area (Å²) in [7, 11) is -2.49. The van der Waals surface area contributed by atoms with Crippen LogP contribution in [0.4, 0.5) is 26.3 Å². The van der Waals surface area contributed by atoms with Crippen molar-refractivity contribution in [3.63, 3.8) is 0 Å². The van der Waals surface area contributed by atoms with E-state index in [2.05, 4.69) is 20.3 Å². The molecule has 0 N–H and O–H groups in total. The van der Waals surface area contributed by atoms with Crippen LogP contribution in [0.15, 0.2) is 29.3 Å². The van der Waals surface area contributed by atoms with Crippen LogP contribution in [-0.2, 0) is 29.2 Å². The Labute approximate surface area is 185 Å². The third-order valence-electron chi connectivity index (χ3n) is 4.62. The molecular weight excluding hydrogens is 498 g/mol. The molecule has 0 aliphatic carbocycles. The summed E-state index contributed by atoms with van der Waals surface area (Å²) in [5.41, 5.74) is -2.66. The van der Waals surface area contributed by atoms with Crippen molar-refractivity contribution in [1.82, 2.24) is 29.5 Å². The number of alkyl halides is 6. The zero-order valence-corrected chi connectivity index (χ0v) is 18.2. The van der Waals surface area contributed by atoms with E-state index in [4.69, 9.17) is 0 Å². The maximum absolute atomic E-state index is 13.0. The normalized spacial score (nSPS) is 13.2. The number of thiophene rings is 1. The van der Waals surface area contributed by atoms with E-state index < -0.39 is 33.6 Å². The van der Waals surface area contributed by atoms with Crippen molar-refractivity contribution < 1.29 is 34.8 Å². The van der Waals surface area contributed by atoms with Gasteiger partial charge in [0.2, 0.25) is 0 Å². The molecular formula is C17H12F6N6O2S2. The predicted octanol–water partition coefficient (Wildman–Crippen LogP) is 4.11. The summed E-state index contributed by atoms with van der Waals surface area (Å²) < 4.78 is 105. The fourth-order valence-corrected chi connectivity index (χ4v) is 5.51. The van der Waals surface area contributed by atoms with Crippen molar-refractivity contribution in [3.05, 3.63) is 35.8 Å². The molecule has 0 aliphatic heterocycles. The van der Waals surface area contributed by atoms with E-state index >= 15 is 0 Å². The van der Waals surface area contributed by atoms with Crippen LogP contribution in [0.2, 0.25) is 0 Å². The molecule has 4 aromatic heterocycles. The first-order chi connectivity index (χ1) is 15.2. The van der Waals surface area contributed by atoms with Gasteiger partial charge >= 0.3 is 12.4 Å². The Kier molecular flexibility index (Phi) is 5.27. The van der Waals surface area contributed by atoms with Crippen molar-refractivity contribution in [1.29, 1.82) is 0 Å². The fraction of sp³-hybridized carbons (Fsp3) is 0.294. The van der Waals surface area contributed by atoms with Gasteiger partial charge in [-0.2, -0.15) is 31.4 Å². The molecule has 0 saturated heterocycles. The molecule has 4 aromatic rings. The molecule has 0 fully saturated rings. The highest BCUT2D eigenvalue weighted by molar-refractivity contribution is 7.91. The minimum atomic E-state index is -4.76. The zero-order valence-electron chi connectivity index (χ0n) is 16.6. The lowest BCUT2D eigenvalue weighted by Crippen LogP contribution is -2.09. The first-order valence-electron chi connectivity index (χ1n) is 9.00. The van der Waals surface area contributed by atoms with Crippen molar-refractivity contribution in [2.45, 2.75) is 24.2 Å². The van der Waals surface area contributed by atoms with Crippen LogP contribution >= 0.6 is 11.3 Å². The summed E-state index contributed by atoms with van der Waals surface area (Å²) in [4.78, 5) is 3.89. The number of fused-ring (bicyclic) bond motifs is 1. The van der Waals surface area contributed by atoms with Gasteiger partial charge in [0.25, 0.3) is 0 Å². The maximum atomic E-state index is 13.0. The standard InChI is InChI=1S/C17H12F6N6O2S2/c1-3-33(30,31)9-7-12(29-5-4-10(27-29)16(18,19)20)32-13(9)15-24-8-6-11(17(21,22)23)25-26-14(8)28(15)2/h4-7H,3H2,1-2H3. The zero-order chi connectivity index (χ0) is 24.3. The Morgan fingerprint density at radius 3 is 2.27 bits per heavy atom. The number of hydrogen-bond donors (Lipinski definition) is 0. The summed E-state index contributed by atoms with van der Waals surface area (Å²) in [5, 5.41) is 10.2. The maximum Gasteiger partial charge on any atom is 0.435 e. The first-order valence-corrected chi connectivity index (χ1v) is 11.5. The Balaban J connectivity index is 1.92. The number of halogens is 6. The fourth-order valence-electron chi connectivity index (χ4n) is 2.94. The van der Waals surface area contributed by atoms with Gasteiger partial charge in [-0.3, -0.25) is 0 Å². The minimum Gasteiger partial charge on any atom is -0.310 e. The molecule has 0 saturated carbocycles. The van der Waals surface area contributed by atoms with Crippen LogP contribution in [0.1, 0.15) is 18.3 Å². The Morgan fingerprint density at radius 2 is 1.70 bits per heavy atom. The van der Waals surface area contributed by atoms with Gasteiger partial charge < -0.3 is 4.57 Å². The topological polar surface area (TPSA) is 95.6 Å². The van der Waals surface area contributed by atoms with Gasteiger partial charge in [0.1, 0.15) is 10.5 Å². The molecule has 0 spiro atoms. The second kappa shape index (κ2) is 7.51. The highest BCUT2D eigenvalue weighted by Gasteiger charge is 2.35. The minimum absolute atomic E-state index is 0.0185. The number of hydrogen-bond acceptors (Lipinski definition) is 7. The van der Waals surface area contributed by atoms with E-state index in [9.17, 15) is 34.8 Å². The van der Waals surface area contributed by atoms with E-state index in [0.717, 1.165) is 34.3 Å². The van der Waals surface area contributed by atoms with E-state index in [1.54, 1.807) is 0 Å². The highest BCUT2D eigenvalue weighted by Crippen LogP contribution is 2.39. The van der Waals surface area contributed by atoms with Crippen LogP contribution in [0.5, 0.6) is 0 Å². The molecule has 33 heavy (non-hydrogen) atoms. The van der Waals surface area contributed by atoms with E-state index in [1.165, 1.54) is 18.5 Å². The monoisotopic (exact) mass is 510 g/mol. The SMILES string of the molecule is CCS(=O)(=O)c1cc(-n2ccc(C(F)(F)F)n2)sc1-c1nc2cc(C(F)(F)F)nnc2n1C. The van der Waals surface area contributed by atoms with E-state index in [-0.39, 0.29) is 37.5 Å². The number of sulfone groups is 1. The molecule has 0 unspecified atom stereocenters. The predicted molar refractivity (Wildman–Crippen MR) is 104 cm³/mol. The lowest BCUT2D eigenvalue weighted by Gasteiger charge is -2.04. The lowest BCUT2D eigenvalue weighted by molar-refractivity contribution is -0.142. The molecule has 8 nitrogen and oxygen atoms in total. The van der Waals surface area contributed by atoms with Crippen LogP contribution in [0.25, 0.3) is 26.9 Å². The van der Waals surface area contributed by atoms with Gasteiger partial charge in [-0.1, -0.05) is 6.92 Å². The molecule has 0 aliphatic rings. The summed E-state index contributed by atoms with van der Waals surface area (Å²) >= 11 is 0.771. The smallest absolute Gasteiger partial charge is 0.310 e. The summed E-state index contributed by atoms with van der Waals surface area (Å²) in [6.07, 6.45) is -8.44. The van der Waals surface area contributed by atoms with Crippen molar-refractivity contribution in [2.24, 2.45) is 7.05 Å². The molecule has 4 heterocycles. The summed E-state index contributed by atoms with van der Waals surface area (Å²) in [6.45, 7) is 1.38. The van der Waals surface area contributed by atoms with Crippen LogP contribution in [-0.4, -0.2) is 43.7 Å². The first kappa shape index (κ1) is 23.2. The summed E-state index contributed by atoms with van der Waals surface area (Å²) in [5.74, 6) is -0.365. The molecule has 0 atom stereocenters. The third-order valence-corrected chi connectivity index (χ3v) is 7.62. The van der Waals surface area contributed by atoms with E-state index in [1.807, 2.05) is 0 Å². The number of aryl methyl sites for hydroxylation is 1. The number of imidazole rings is 1. The van der Waals surface area contributed by atoms with Gasteiger partial charge in [0, 0.05) is 19.3 Å². The van der Waals surface area contributed by atoms with Gasteiger partial charge in [0.05, 0.1) is 15.5 Å². The van der Waals surface area contributed by atoms with Gasteiger partial charge in [-0.15, -0.1) is 21.5 Å². The van der Waals surface area contributed by atoms with Gasteiger partial charge in [-0.25, -0.2) is 18.1 Å². The second-order valence-electron chi connectivity index (χ2n) is 6.76. The van der Waals surface area contributed by atoms with Gasteiger partial charge in [-0.05, 0) is 12.1 Å². The Hall–Kier alpha value is -3.01. The third kappa shape index (κ3) is 4.07. The van der Waals surface area contributed by atoms with Crippen molar-refractivity contribution in [2.75, 3.05) is 5.75 Å². The largest absolute Gasteiger partial charge is 0.435 e. The highest BCUT2D eigenvalue weighted by atomic mass is 32.2. The average molecular weight is 510 g/mol. The Bertz CT molecular complexity index is 1470. The van der Waals surface area contributed by atoms with E-state index in [0.29, 0.717) is 6.07 Å². The number of rotatable bonds is 4. The lowest BCUT2D eigenvalue weighted by atomic mass is 10.3. The number of nitrogens with zero attached hydrogens (tertiary/aromatic N) is 6. The molecule has 0 aromatic carbocycles. The van der Waals surface area contributed by atoms with Crippen LogP contribution < -0.4 is 0 Å². The van der Waals surface area contributed by atoms with Crippen molar-refractivity contribution >= 4 is 32.3 Å². The second-order valence-corrected chi connectivity index (χ2v) is 10.0. The quantitative estimate of drug-likeness (QED) is 0.384. The molecule has 0 radical (unpaired) electrons. The summed E-state index contributed by atoms with van der Waals surface area (Å²) in [6, 6.07) is 2.56. The molecule has 16 heteroatoms. The molecule has 4 rings (SSSR count). The van der Waals surface area contributed by atoms with Gasteiger partial charge in [0.15, 0.2) is 32.7 Å².